The largest absolute Gasteiger partial charge is 0.482 e. The summed E-state index contributed by atoms with van der Waals surface area (Å²) in [6, 6.07) is 4.27. The Hall–Kier alpha value is -2.92. The third-order valence-electron chi connectivity index (χ3n) is 3.40. The summed E-state index contributed by atoms with van der Waals surface area (Å²) in [7, 11) is 0. The molecule has 0 aliphatic heterocycles. The number of amides is 1. The molecule has 2 aromatic rings. The number of anilines is 1. The first-order chi connectivity index (χ1) is 13.2. The van der Waals surface area contributed by atoms with Crippen molar-refractivity contribution >= 4 is 11.6 Å². The van der Waals surface area contributed by atoms with Crippen LogP contribution in [0.5, 0.6) is 5.75 Å². The lowest BCUT2D eigenvalue weighted by Gasteiger charge is -2.16. The van der Waals surface area contributed by atoms with Gasteiger partial charge in [-0.25, -0.2) is 0 Å². The van der Waals surface area contributed by atoms with Crippen molar-refractivity contribution in [2.75, 3.05) is 11.9 Å². The van der Waals surface area contributed by atoms with Crippen molar-refractivity contribution in [3.8, 4) is 5.75 Å². The number of carbonyl (C=O) groups is 1. The number of rotatable bonds is 4. The van der Waals surface area contributed by atoms with Crippen LogP contribution in [0, 0.1) is 0 Å². The first kappa shape index (κ1) is 22.4. The molecule has 0 aliphatic rings. The van der Waals surface area contributed by atoms with E-state index in [0.717, 1.165) is 12.1 Å². The van der Waals surface area contributed by atoms with E-state index in [9.17, 15) is 44.3 Å². The third kappa shape index (κ3) is 6.29. The number of carbonyl (C=O) groups excluding carboxylic acids is 1. The van der Waals surface area contributed by atoms with Crippen LogP contribution in [0.15, 0.2) is 42.5 Å². The summed E-state index contributed by atoms with van der Waals surface area (Å²) in [6.07, 6.45) is -14.5. The van der Waals surface area contributed by atoms with E-state index in [0.29, 0.717) is 30.3 Å². The Labute approximate surface area is 157 Å². The molecule has 2 rings (SSSR count). The van der Waals surface area contributed by atoms with Crippen molar-refractivity contribution in [3.63, 3.8) is 0 Å². The van der Waals surface area contributed by atoms with Crippen LogP contribution in [0.3, 0.4) is 0 Å². The molecule has 3 nitrogen and oxygen atoms in total. The van der Waals surface area contributed by atoms with Gasteiger partial charge in [-0.2, -0.15) is 39.5 Å². The van der Waals surface area contributed by atoms with E-state index in [1.54, 1.807) is 0 Å². The molecule has 0 saturated heterocycles. The molecule has 0 radical (unpaired) electrons. The van der Waals surface area contributed by atoms with Crippen LogP contribution in [-0.2, 0) is 12.4 Å². The van der Waals surface area contributed by atoms with Crippen LogP contribution in [-0.4, -0.2) is 18.7 Å². The maximum absolute atomic E-state index is 12.9. The number of ether oxygens (including phenoxy) is 1. The number of hydrogen-bond acceptors (Lipinski definition) is 2. The molecular weight excluding hydrogens is 421 g/mol. The fourth-order valence-electron chi connectivity index (χ4n) is 2.12. The predicted octanol–water partition coefficient (Wildman–Crippen LogP) is 5.92. The van der Waals surface area contributed by atoms with Crippen LogP contribution in [0.2, 0.25) is 0 Å². The molecule has 0 fully saturated rings. The summed E-state index contributed by atoms with van der Waals surface area (Å²) in [4.78, 5) is 12.2. The lowest BCUT2D eigenvalue weighted by molar-refractivity contribution is -0.153. The van der Waals surface area contributed by atoms with E-state index in [1.807, 2.05) is 5.32 Å². The monoisotopic (exact) mass is 431 g/mol. The fraction of sp³-hybridized carbons (Fsp3) is 0.235. The molecule has 0 spiro atoms. The highest BCUT2D eigenvalue weighted by molar-refractivity contribution is 6.05. The predicted molar refractivity (Wildman–Crippen MR) is 82.4 cm³/mol. The van der Waals surface area contributed by atoms with Gasteiger partial charge in [0.1, 0.15) is 5.75 Å². The minimum Gasteiger partial charge on any atom is -0.482 e. The zero-order valence-corrected chi connectivity index (χ0v) is 14.0. The molecule has 158 valence electrons. The topological polar surface area (TPSA) is 38.3 Å². The Morgan fingerprint density at radius 1 is 0.828 bits per heavy atom. The number of benzene rings is 2. The zero-order valence-electron chi connectivity index (χ0n) is 14.0. The summed E-state index contributed by atoms with van der Waals surface area (Å²) >= 11 is 0. The molecule has 0 unspecified atom stereocenters. The Kier molecular flexibility index (Phi) is 6.04. The fourth-order valence-corrected chi connectivity index (χ4v) is 2.12. The Morgan fingerprint density at radius 2 is 1.41 bits per heavy atom. The summed E-state index contributed by atoms with van der Waals surface area (Å²) in [5, 5.41) is 1.86. The standard InChI is InChI=1S/C17H10F9NO2/c18-15(19,20)8-29-13-5-4-11(17(24,25)26)7-12(13)27-14(28)9-2-1-3-10(6-9)16(21,22)23/h1-7H,8H2,(H,27,28). The highest BCUT2D eigenvalue weighted by Crippen LogP contribution is 2.36. The van der Waals surface area contributed by atoms with Crippen molar-refractivity contribution in [2.45, 2.75) is 18.5 Å². The number of nitrogens with one attached hydrogen (secondary N) is 1. The van der Waals surface area contributed by atoms with Crippen molar-refractivity contribution in [3.05, 3.63) is 59.2 Å². The lowest BCUT2D eigenvalue weighted by Crippen LogP contribution is -2.21. The van der Waals surface area contributed by atoms with Gasteiger partial charge in [0.15, 0.2) is 6.61 Å². The third-order valence-corrected chi connectivity index (χ3v) is 3.40. The highest BCUT2D eigenvalue weighted by atomic mass is 19.4. The van der Waals surface area contributed by atoms with E-state index >= 15 is 0 Å². The van der Waals surface area contributed by atoms with E-state index in [1.165, 1.54) is 0 Å². The molecule has 12 heteroatoms. The molecule has 0 saturated carbocycles. The van der Waals surface area contributed by atoms with Crippen LogP contribution >= 0.6 is 0 Å². The number of halogens is 9. The van der Waals surface area contributed by atoms with Gasteiger partial charge in [0.05, 0.1) is 16.8 Å². The Morgan fingerprint density at radius 3 is 1.97 bits per heavy atom. The minimum atomic E-state index is -4.89. The van der Waals surface area contributed by atoms with Crippen molar-refractivity contribution in [1.82, 2.24) is 0 Å². The first-order valence-electron chi connectivity index (χ1n) is 7.56. The molecule has 0 atom stereocenters. The van der Waals surface area contributed by atoms with Crippen molar-refractivity contribution in [2.24, 2.45) is 0 Å². The van der Waals surface area contributed by atoms with Gasteiger partial charge in [0.2, 0.25) is 0 Å². The second-order valence-electron chi connectivity index (χ2n) is 5.65. The van der Waals surface area contributed by atoms with E-state index in [4.69, 9.17) is 0 Å². The Balaban J connectivity index is 2.37. The van der Waals surface area contributed by atoms with Gasteiger partial charge >= 0.3 is 18.5 Å². The zero-order chi connectivity index (χ0) is 22.0. The number of alkyl halides is 9. The van der Waals surface area contributed by atoms with Gasteiger partial charge in [-0.05, 0) is 36.4 Å². The smallest absolute Gasteiger partial charge is 0.422 e. The van der Waals surface area contributed by atoms with Gasteiger partial charge < -0.3 is 10.1 Å². The molecule has 1 N–H and O–H groups in total. The van der Waals surface area contributed by atoms with Gasteiger partial charge in [0, 0.05) is 5.56 Å². The van der Waals surface area contributed by atoms with Crippen LogP contribution in [0.25, 0.3) is 0 Å². The van der Waals surface area contributed by atoms with E-state index < -0.39 is 59.2 Å². The Bertz CT molecular complexity index is 886. The summed E-state index contributed by atoms with van der Waals surface area (Å²) in [5.41, 5.74) is -3.86. The highest BCUT2D eigenvalue weighted by Gasteiger charge is 2.33. The average Bonchev–Trinajstić information content (AvgIpc) is 2.58. The molecule has 0 aliphatic carbocycles. The second-order valence-corrected chi connectivity index (χ2v) is 5.65. The molecule has 0 aromatic heterocycles. The molecular formula is C17H10F9NO2. The summed E-state index contributed by atoms with van der Waals surface area (Å²) in [6.45, 7) is -1.86. The second kappa shape index (κ2) is 7.84. The maximum Gasteiger partial charge on any atom is 0.422 e. The molecule has 1 amide bonds. The van der Waals surface area contributed by atoms with Crippen molar-refractivity contribution in [1.29, 1.82) is 0 Å². The molecule has 0 heterocycles. The number of hydrogen-bond donors (Lipinski definition) is 1. The van der Waals surface area contributed by atoms with E-state index in [2.05, 4.69) is 4.74 Å². The summed E-state index contributed by atoms with van der Waals surface area (Å²) in [5.74, 6) is -2.01. The van der Waals surface area contributed by atoms with Crippen LogP contribution in [0.1, 0.15) is 21.5 Å². The van der Waals surface area contributed by atoms with Gasteiger partial charge in [-0.3, -0.25) is 4.79 Å². The molecule has 2 aromatic carbocycles. The van der Waals surface area contributed by atoms with Crippen molar-refractivity contribution < 1.29 is 49.0 Å². The lowest BCUT2D eigenvalue weighted by atomic mass is 10.1. The minimum absolute atomic E-state index is 0.317. The SMILES string of the molecule is O=C(Nc1cc(C(F)(F)F)ccc1OCC(F)(F)F)c1cccc(C(F)(F)F)c1. The average molecular weight is 431 g/mol. The van der Waals surface area contributed by atoms with Crippen LogP contribution < -0.4 is 10.1 Å². The quantitative estimate of drug-likeness (QED) is 0.611. The normalized spacial score (nSPS) is 12.6. The van der Waals surface area contributed by atoms with Gasteiger partial charge in [-0.1, -0.05) is 6.07 Å². The van der Waals surface area contributed by atoms with Crippen LogP contribution in [0.4, 0.5) is 45.2 Å². The molecule has 29 heavy (non-hydrogen) atoms. The van der Waals surface area contributed by atoms with Gasteiger partial charge in [0.25, 0.3) is 5.91 Å². The first-order valence-corrected chi connectivity index (χ1v) is 7.56. The summed E-state index contributed by atoms with van der Waals surface area (Å²) < 4.78 is 118. The van der Waals surface area contributed by atoms with E-state index in [-0.39, 0.29) is 0 Å². The maximum atomic E-state index is 12.9. The molecule has 0 bridgehead atoms. The van der Waals surface area contributed by atoms with Gasteiger partial charge in [-0.15, -0.1) is 0 Å².